The van der Waals surface area contributed by atoms with Gasteiger partial charge >= 0.3 is 0 Å². The molecular formula is C14H16N4S. The van der Waals surface area contributed by atoms with Crippen molar-refractivity contribution in [1.29, 1.82) is 0 Å². The highest BCUT2D eigenvalue weighted by atomic mass is 32.1. The van der Waals surface area contributed by atoms with E-state index in [0.717, 1.165) is 23.7 Å². The molecule has 3 aromatic heterocycles. The molecule has 0 aromatic carbocycles. The maximum absolute atomic E-state index is 4.65. The van der Waals surface area contributed by atoms with Gasteiger partial charge in [-0.15, -0.1) is 11.3 Å². The van der Waals surface area contributed by atoms with Gasteiger partial charge in [-0.2, -0.15) is 0 Å². The van der Waals surface area contributed by atoms with Crippen LogP contribution in [-0.4, -0.2) is 21.6 Å². The molecule has 0 aliphatic rings. The van der Waals surface area contributed by atoms with Crippen LogP contribution in [0.1, 0.15) is 9.75 Å². The van der Waals surface area contributed by atoms with Crippen LogP contribution in [0.25, 0.3) is 11.2 Å². The van der Waals surface area contributed by atoms with E-state index in [0.29, 0.717) is 0 Å². The Labute approximate surface area is 116 Å². The number of rotatable bonds is 3. The van der Waals surface area contributed by atoms with Crippen molar-refractivity contribution in [3.63, 3.8) is 0 Å². The molecule has 0 radical (unpaired) electrons. The van der Waals surface area contributed by atoms with Crippen LogP contribution in [0, 0.1) is 6.92 Å². The van der Waals surface area contributed by atoms with Crippen LogP contribution in [0.4, 0.5) is 5.95 Å². The highest BCUT2D eigenvalue weighted by Crippen LogP contribution is 2.22. The molecule has 3 aromatic rings. The van der Waals surface area contributed by atoms with Gasteiger partial charge in [0.1, 0.15) is 5.52 Å². The lowest BCUT2D eigenvalue weighted by molar-refractivity contribution is 0.820. The van der Waals surface area contributed by atoms with E-state index in [4.69, 9.17) is 0 Å². The molecule has 0 atom stereocenters. The third kappa shape index (κ3) is 2.21. The molecule has 0 saturated heterocycles. The number of hydrogen-bond acceptors (Lipinski definition) is 4. The van der Waals surface area contributed by atoms with E-state index in [1.807, 2.05) is 35.1 Å². The molecule has 0 N–H and O–H groups in total. The highest BCUT2D eigenvalue weighted by molar-refractivity contribution is 7.11. The molecule has 0 bridgehead atoms. The Balaban J connectivity index is 1.93. The van der Waals surface area contributed by atoms with Crippen molar-refractivity contribution in [2.75, 3.05) is 11.9 Å². The number of hydrogen-bond donors (Lipinski definition) is 0. The van der Waals surface area contributed by atoms with Gasteiger partial charge in [0.2, 0.25) is 5.95 Å². The molecule has 0 spiro atoms. The van der Waals surface area contributed by atoms with Gasteiger partial charge in [-0.05, 0) is 31.2 Å². The van der Waals surface area contributed by atoms with E-state index in [9.17, 15) is 0 Å². The third-order valence-electron chi connectivity index (χ3n) is 3.13. The van der Waals surface area contributed by atoms with Crippen LogP contribution in [0.2, 0.25) is 0 Å². The second-order valence-electron chi connectivity index (χ2n) is 4.69. The first-order valence-corrected chi connectivity index (χ1v) is 7.00. The summed E-state index contributed by atoms with van der Waals surface area (Å²) < 4.78 is 2.04. The predicted molar refractivity (Wildman–Crippen MR) is 79.7 cm³/mol. The molecule has 0 amide bonds. The van der Waals surface area contributed by atoms with Crippen molar-refractivity contribution in [2.45, 2.75) is 13.5 Å². The maximum atomic E-state index is 4.65. The zero-order valence-electron chi connectivity index (χ0n) is 11.3. The zero-order valence-corrected chi connectivity index (χ0v) is 12.1. The Kier molecular flexibility index (Phi) is 2.98. The van der Waals surface area contributed by atoms with Crippen LogP contribution < -0.4 is 4.90 Å². The quantitative estimate of drug-likeness (QED) is 0.735. The molecule has 4 nitrogen and oxygen atoms in total. The number of aromatic nitrogens is 3. The molecule has 0 unspecified atom stereocenters. The number of pyridine rings is 1. The first kappa shape index (κ1) is 12.2. The first-order valence-electron chi connectivity index (χ1n) is 6.19. The van der Waals surface area contributed by atoms with E-state index >= 15 is 0 Å². The van der Waals surface area contributed by atoms with Crippen molar-refractivity contribution in [3.8, 4) is 0 Å². The Bertz CT molecular complexity index is 713. The van der Waals surface area contributed by atoms with Crippen LogP contribution in [-0.2, 0) is 13.6 Å². The average Bonchev–Trinajstić information content (AvgIpc) is 2.94. The largest absolute Gasteiger partial charge is 0.340 e. The lowest BCUT2D eigenvalue weighted by atomic mass is 10.4. The first-order chi connectivity index (χ1) is 9.15. The molecule has 98 valence electrons. The molecular weight excluding hydrogens is 256 g/mol. The molecule has 0 aliphatic heterocycles. The smallest absolute Gasteiger partial charge is 0.207 e. The van der Waals surface area contributed by atoms with Crippen LogP contribution in [0.3, 0.4) is 0 Å². The Morgan fingerprint density at radius 2 is 2.16 bits per heavy atom. The molecule has 0 aliphatic carbocycles. The third-order valence-corrected chi connectivity index (χ3v) is 4.12. The summed E-state index contributed by atoms with van der Waals surface area (Å²) in [5.41, 5.74) is 1.86. The monoisotopic (exact) mass is 272 g/mol. The van der Waals surface area contributed by atoms with Crippen LogP contribution in [0.15, 0.2) is 30.5 Å². The molecule has 5 heteroatoms. The van der Waals surface area contributed by atoms with E-state index in [1.165, 1.54) is 9.75 Å². The number of thiophene rings is 1. The maximum Gasteiger partial charge on any atom is 0.207 e. The Morgan fingerprint density at radius 3 is 2.84 bits per heavy atom. The van der Waals surface area contributed by atoms with Crippen molar-refractivity contribution in [1.82, 2.24) is 14.5 Å². The number of imidazole rings is 1. The number of aryl methyl sites for hydroxylation is 2. The summed E-state index contributed by atoms with van der Waals surface area (Å²) in [6, 6.07) is 8.25. The van der Waals surface area contributed by atoms with Crippen LogP contribution in [0.5, 0.6) is 0 Å². The lowest BCUT2D eigenvalue weighted by Crippen LogP contribution is -2.19. The summed E-state index contributed by atoms with van der Waals surface area (Å²) in [4.78, 5) is 13.9. The number of anilines is 1. The minimum absolute atomic E-state index is 0.871. The fraction of sp³-hybridized carbons (Fsp3) is 0.286. The van der Waals surface area contributed by atoms with Gasteiger partial charge < -0.3 is 4.90 Å². The Hall–Kier alpha value is -1.88. The van der Waals surface area contributed by atoms with Crippen molar-refractivity contribution < 1.29 is 0 Å². The van der Waals surface area contributed by atoms with Crippen molar-refractivity contribution in [3.05, 3.63) is 40.2 Å². The second-order valence-corrected chi connectivity index (χ2v) is 6.06. The standard InChI is InChI=1S/C14H16N4S/c1-10-6-7-11(19-10)9-17(2)14-16-12-5-4-8-15-13(12)18(14)3/h4-8H,9H2,1-3H3. The second kappa shape index (κ2) is 4.66. The summed E-state index contributed by atoms with van der Waals surface area (Å²) in [6.45, 7) is 3.00. The van der Waals surface area contributed by atoms with E-state index in [1.54, 1.807) is 6.20 Å². The van der Waals surface area contributed by atoms with Gasteiger partial charge in [-0.25, -0.2) is 9.97 Å². The zero-order chi connectivity index (χ0) is 13.4. The van der Waals surface area contributed by atoms with Gasteiger partial charge in [0, 0.05) is 30.0 Å². The van der Waals surface area contributed by atoms with E-state index in [2.05, 4.69) is 41.0 Å². The van der Waals surface area contributed by atoms with Gasteiger partial charge in [0.25, 0.3) is 0 Å². The minimum Gasteiger partial charge on any atom is -0.340 e. The van der Waals surface area contributed by atoms with Gasteiger partial charge in [0.15, 0.2) is 5.65 Å². The SMILES string of the molecule is Cc1ccc(CN(C)c2nc3cccnc3n2C)s1. The lowest BCUT2D eigenvalue weighted by Gasteiger charge is -2.16. The molecule has 0 saturated carbocycles. The summed E-state index contributed by atoms with van der Waals surface area (Å²) >= 11 is 1.83. The Morgan fingerprint density at radius 1 is 1.32 bits per heavy atom. The van der Waals surface area contributed by atoms with Crippen molar-refractivity contribution >= 4 is 28.4 Å². The van der Waals surface area contributed by atoms with Gasteiger partial charge in [0.05, 0.1) is 6.54 Å². The van der Waals surface area contributed by atoms with E-state index < -0.39 is 0 Å². The fourth-order valence-electron chi connectivity index (χ4n) is 2.23. The molecule has 3 heterocycles. The summed E-state index contributed by atoms with van der Waals surface area (Å²) in [6.07, 6.45) is 1.80. The summed E-state index contributed by atoms with van der Waals surface area (Å²) in [7, 11) is 4.07. The molecule has 3 rings (SSSR count). The van der Waals surface area contributed by atoms with Crippen molar-refractivity contribution in [2.24, 2.45) is 7.05 Å². The summed E-state index contributed by atoms with van der Waals surface area (Å²) in [5.74, 6) is 0.944. The summed E-state index contributed by atoms with van der Waals surface area (Å²) in [5, 5.41) is 0. The minimum atomic E-state index is 0.871. The molecule has 19 heavy (non-hydrogen) atoms. The highest BCUT2D eigenvalue weighted by Gasteiger charge is 2.13. The van der Waals surface area contributed by atoms with Gasteiger partial charge in [-0.1, -0.05) is 0 Å². The van der Waals surface area contributed by atoms with E-state index in [-0.39, 0.29) is 0 Å². The average molecular weight is 272 g/mol. The van der Waals surface area contributed by atoms with Gasteiger partial charge in [-0.3, -0.25) is 4.57 Å². The molecule has 0 fully saturated rings. The predicted octanol–water partition coefficient (Wildman–Crippen LogP) is 2.97. The van der Waals surface area contributed by atoms with Crippen LogP contribution >= 0.6 is 11.3 Å². The fourth-order valence-corrected chi connectivity index (χ4v) is 3.17. The topological polar surface area (TPSA) is 34.0 Å². The normalized spacial score (nSPS) is 11.1. The number of nitrogens with zero attached hydrogens (tertiary/aromatic N) is 4. The number of fused-ring (bicyclic) bond motifs is 1.